The number of benzene rings is 3. The van der Waals surface area contributed by atoms with Gasteiger partial charge < -0.3 is 14.2 Å². The summed E-state index contributed by atoms with van der Waals surface area (Å²) in [5, 5.41) is 0. The first-order valence-corrected chi connectivity index (χ1v) is 11.3. The fraction of sp³-hybridized carbons (Fsp3) is 0.357. The zero-order chi connectivity index (χ0) is 21.9. The summed E-state index contributed by atoms with van der Waals surface area (Å²) < 4.78 is 17.9. The van der Waals surface area contributed by atoms with Crippen LogP contribution in [0.2, 0.25) is 0 Å². The third-order valence-electron chi connectivity index (χ3n) is 5.66. The molecule has 3 aromatic carbocycles. The number of rotatable bonds is 12. The molecule has 0 heterocycles. The van der Waals surface area contributed by atoms with E-state index in [1.54, 1.807) is 0 Å². The Kier molecular flexibility index (Phi) is 8.54. The van der Waals surface area contributed by atoms with Crippen molar-refractivity contribution >= 4 is 0 Å². The molecule has 0 fully saturated rings. The van der Waals surface area contributed by atoms with E-state index in [1.165, 1.54) is 5.56 Å². The molecule has 0 spiro atoms. The second-order valence-electron chi connectivity index (χ2n) is 8.20. The van der Waals surface area contributed by atoms with E-state index in [9.17, 15) is 0 Å². The van der Waals surface area contributed by atoms with E-state index < -0.39 is 0 Å². The Morgan fingerprint density at radius 3 is 2.23 bits per heavy atom. The lowest BCUT2D eigenvalue weighted by atomic mass is 9.81. The van der Waals surface area contributed by atoms with Crippen molar-refractivity contribution in [3.05, 3.63) is 90.0 Å². The van der Waals surface area contributed by atoms with Gasteiger partial charge in [0, 0.05) is 5.41 Å². The maximum absolute atomic E-state index is 6.16. The molecule has 164 valence electrons. The third kappa shape index (κ3) is 6.86. The summed E-state index contributed by atoms with van der Waals surface area (Å²) in [4.78, 5) is 0. The van der Waals surface area contributed by atoms with Gasteiger partial charge in [-0.1, -0.05) is 69.7 Å². The average molecular weight is 419 g/mol. The third-order valence-corrected chi connectivity index (χ3v) is 5.66. The van der Waals surface area contributed by atoms with Gasteiger partial charge in [0.1, 0.15) is 17.2 Å². The number of hydrogen-bond donors (Lipinski definition) is 0. The van der Waals surface area contributed by atoms with Crippen LogP contribution in [0.25, 0.3) is 0 Å². The predicted octanol–water partition coefficient (Wildman–Crippen LogP) is 7.54. The first kappa shape index (κ1) is 22.9. The molecule has 3 aromatic rings. The van der Waals surface area contributed by atoms with Crippen LogP contribution in [0.3, 0.4) is 0 Å². The Labute approximate surface area is 187 Å². The fourth-order valence-electron chi connectivity index (χ4n) is 3.39. The topological polar surface area (TPSA) is 27.7 Å². The van der Waals surface area contributed by atoms with Gasteiger partial charge in [-0.05, 0) is 60.4 Å². The second kappa shape index (κ2) is 11.6. The van der Waals surface area contributed by atoms with Crippen LogP contribution in [-0.2, 0) is 16.8 Å². The lowest BCUT2D eigenvalue weighted by Crippen LogP contribution is -2.27. The highest BCUT2D eigenvalue weighted by Crippen LogP contribution is 2.30. The van der Waals surface area contributed by atoms with E-state index in [0.29, 0.717) is 13.2 Å². The molecule has 0 radical (unpaired) electrons. The van der Waals surface area contributed by atoms with Crippen molar-refractivity contribution in [2.24, 2.45) is 0 Å². The Balaban J connectivity index is 1.56. The molecule has 1 unspecified atom stereocenters. The molecule has 0 saturated heterocycles. The van der Waals surface area contributed by atoms with Crippen molar-refractivity contribution in [3.63, 3.8) is 0 Å². The molecule has 3 rings (SSSR count). The summed E-state index contributed by atoms with van der Waals surface area (Å²) >= 11 is 0. The van der Waals surface area contributed by atoms with Gasteiger partial charge in [-0.15, -0.1) is 0 Å². The SMILES string of the molecule is CCCCOc1ccc(C(C)(CC)COCc2cccc(Oc3ccccc3)c2)cc1. The van der Waals surface area contributed by atoms with Gasteiger partial charge in [0.25, 0.3) is 0 Å². The molecule has 3 heteroatoms. The Morgan fingerprint density at radius 1 is 0.774 bits per heavy atom. The molecule has 0 aromatic heterocycles. The molecule has 0 aliphatic carbocycles. The Bertz CT molecular complexity index is 905. The van der Waals surface area contributed by atoms with Crippen LogP contribution in [0, 0.1) is 0 Å². The van der Waals surface area contributed by atoms with Crippen LogP contribution in [0.5, 0.6) is 17.2 Å². The summed E-state index contributed by atoms with van der Waals surface area (Å²) in [5.41, 5.74) is 2.34. The molecule has 0 amide bonds. The van der Waals surface area contributed by atoms with Gasteiger partial charge >= 0.3 is 0 Å². The zero-order valence-electron chi connectivity index (χ0n) is 19.0. The molecule has 31 heavy (non-hydrogen) atoms. The van der Waals surface area contributed by atoms with Crippen molar-refractivity contribution in [2.75, 3.05) is 13.2 Å². The van der Waals surface area contributed by atoms with Crippen LogP contribution in [-0.4, -0.2) is 13.2 Å². The lowest BCUT2D eigenvalue weighted by Gasteiger charge is -2.29. The van der Waals surface area contributed by atoms with Crippen molar-refractivity contribution in [1.82, 2.24) is 0 Å². The minimum atomic E-state index is -0.0416. The van der Waals surface area contributed by atoms with Gasteiger partial charge in [-0.25, -0.2) is 0 Å². The van der Waals surface area contributed by atoms with Gasteiger partial charge in [-0.3, -0.25) is 0 Å². The van der Waals surface area contributed by atoms with E-state index in [4.69, 9.17) is 14.2 Å². The highest BCUT2D eigenvalue weighted by atomic mass is 16.5. The molecule has 0 aliphatic rings. The number of para-hydroxylation sites is 1. The molecule has 0 aliphatic heterocycles. The van der Waals surface area contributed by atoms with E-state index in [1.807, 2.05) is 48.5 Å². The summed E-state index contributed by atoms with van der Waals surface area (Å²) in [5.74, 6) is 2.59. The van der Waals surface area contributed by atoms with Crippen molar-refractivity contribution in [1.29, 1.82) is 0 Å². The Hall–Kier alpha value is -2.78. The summed E-state index contributed by atoms with van der Waals surface area (Å²) in [7, 11) is 0. The highest BCUT2D eigenvalue weighted by molar-refractivity contribution is 5.34. The summed E-state index contributed by atoms with van der Waals surface area (Å²) in [6, 6.07) is 26.4. The first-order valence-electron chi connectivity index (χ1n) is 11.3. The number of ether oxygens (including phenoxy) is 3. The van der Waals surface area contributed by atoms with E-state index in [2.05, 4.69) is 51.1 Å². The number of hydrogen-bond acceptors (Lipinski definition) is 3. The van der Waals surface area contributed by atoms with Crippen molar-refractivity contribution in [2.45, 2.75) is 52.1 Å². The maximum Gasteiger partial charge on any atom is 0.127 e. The largest absolute Gasteiger partial charge is 0.494 e. The van der Waals surface area contributed by atoms with Gasteiger partial charge in [0.15, 0.2) is 0 Å². The standard InChI is InChI=1S/C28H34O3/c1-4-6-19-30-25-17-15-24(16-18-25)28(3,5-2)22-29-21-23-11-10-14-27(20-23)31-26-12-8-7-9-13-26/h7-18,20H,4-6,19,21-22H2,1-3H3. The minimum Gasteiger partial charge on any atom is -0.494 e. The second-order valence-corrected chi connectivity index (χ2v) is 8.20. The lowest BCUT2D eigenvalue weighted by molar-refractivity contribution is 0.0747. The maximum atomic E-state index is 6.16. The smallest absolute Gasteiger partial charge is 0.127 e. The van der Waals surface area contributed by atoms with Gasteiger partial charge in [-0.2, -0.15) is 0 Å². The molecule has 1 atom stereocenters. The molecule has 0 saturated carbocycles. The zero-order valence-corrected chi connectivity index (χ0v) is 19.0. The molecule has 3 nitrogen and oxygen atoms in total. The quantitative estimate of drug-likeness (QED) is 0.284. The normalized spacial score (nSPS) is 12.9. The highest BCUT2D eigenvalue weighted by Gasteiger charge is 2.25. The van der Waals surface area contributed by atoms with Crippen LogP contribution in [0.4, 0.5) is 0 Å². The average Bonchev–Trinajstić information content (AvgIpc) is 2.80. The summed E-state index contributed by atoms with van der Waals surface area (Å²) in [6.07, 6.45) is 3.23. The van der Waals surface area contributed by atoms with Crippen LogP contribution >= 0.6 is 0 Å². The molecule has 0 bridgehead atoms. The fourth-order valence-corrected chi connectivity index (χ4v) is 3.39. The summed E-state index contributed by atoms with van der Waals surface area (Å²) in [6.45, 7) is 8.63. The minimum absolute atomic E-state index is 0.0416. The number of unbranched alkanes of at least 4 members (excludes halogenated alkanes) is 1. The van der Waals surface area contributed by atoms with Crippen molar-refractivity contribution < 1.29 is 14.2 Å². The Morgan fingerprint density at radius 2 is 1.52 bits per heavy atom. The van der Waals surface area contributed by atoms with Crippen LogP contribution < -0.4 is 9.47 Å². The molecular weight excluding hydrogens is 384 g/mol. The molecular formula is C28H34O3. The first-order chi connectivity index (χ1) is 15.1. The van der Waals surface area contributed by atoms with Gasteiger partial charge in [0.2, 0.25) is 0 Å². The van der Waals surface area contributed by atoms with E-state index in [-0.39, 0.29) is 5.41 Å². The van der Waals surface area contributed by atoms with Crippen molar-refractivity contribution in [3.8, 4) is 17.2 Å². The van der Waals surface area contributed by atoms with Crippen LogP contribution in [0.1, 0.15) is 51.2 Å². The molecule has 0 N–H and O–H groups in total. The van der Waals surface area contributed by atoms with Gasteiger partial charge in [0.05, 0.1) is 19.8 Å². The van der Waals surface area contributed by atoms with E-state index in [0.717, 1.165) is 48.7 Å². The predicted molar refractivity (Wildman–Crippen MR) is 127 cm³/mol. The van der Waals surface area contributed by atoms with E-state index >= 15 is 0 Å². The monoisotopic (exact) mass is 418 g/mol. The van der Waals surface area contributed by atoms with Crippen LogP contribution in [0.15, 0.2) is 78.9 Å².